The van der Waals surface area contributed by atoms with Crippen molar-refractivity contribution < 1.29 is 17.9 Å². The normalized spacial score (nSPS) is 12.9. The monoisotopic (exact) mass is 317 g/mol. The van der Waals surface area contributed by atoms with E-state index >= 15 is 0 Å². The molecule has 5 nitrogen and oxygen atoms in total. The van der Waals surface area contributed by atoms with E-state index in [9.17, 15) is 13.2 Å². The van der Waals surface area contributed by atoms with Crippen LogP contribution in [0, 0.1) is 6.92 Å². The number of carbonyl (C=O) groups is 1. The molecule has 0 aliphatic carbocycles. The fraction of sp³-hybridized carbons (Fsp3) is 0.462. The number of thioether (sulfide) groups is 1. The van der Waals surface area contributed by atoms with Crippen molar-refractivity contribution in [3.63, 3.8) is 0 Å². The molecular weight excluding hydrogens is 298 g/mol. The number of ether oxygens (including phenoxy) is 1. The summed E-state index contributed by atoms with van der Waals surface area (Å²) in [5.41, 5.74) is 0.968. The van der Waals surface area contributed by atoms with Crippen LogP contribution in [0.4, 0.5) is 0 Å². The molecule has 0 bridgehead atoms. The highest BCUT2D eigenvalue weighted by Gasteiger charge is 2.25. The maximum Gasteiger partial charge on any atom is 0.323 e. The van der Waals surface area contributed by atoms with Gasteiger partial charge in [-0.3, -0.25) is 4.79 Å². The minimum Gasteiger partial charge on any atom is -0.468 e. The third kappa shape index (κ3) is 4.81. The SMILES string of the molecule is COC(=O)C(CCSC)NS(=O)(=O)c1ccc(C)cc1. The summed E-state index contributed by atoms with van der Waals surface area (Å²) in [6.45, 7) is 1.87. The quantitative estimate of drug-likeness (QED) is 0.773. The minimum atomic E-state index is -3.72. The Morgan fingerprint density at radius 1 is 1.35 bits per heavy atom. The Balaban J connectivity index is 2.90. The van der Waals surface area contributed by atoms with Crippen LogP contribution in [0.5, 0.6) is 0 Å². The van der Waals surface area contributed by atoms with Crippen molar-refractivity contribution in [1.82, 2.24) is 4.72 Å². The number of carbonyl (C=O) groups excluding carboxylic acids is 1. The van der Waals surface area contributed by atoms with Crippen LogP contribution in [0.3, 0.4) is 0 Å². The van der Waals surface area contributed by atoms with E-state index < -0.39 is 22.0 Å². The van der Waals surface area contributed by atoms with Gasteiger partial charge in [0.1, 0.15) is 6.04 Å². The molecular formula is C13H19NO4S2. The molecule has 0 radical (unpaired) electrons. The Bertz CT molecular complexity index is 540. The Hall–Kier alpha value is -1.05. The van der Waals surface area contributed by atoms with Crippen LogP contribution in [0.1, 0.15) is 12.0 Å². The summed E-state index contributed by atoms with van der Waals surface area (Å²) in [6, 6.07) is 5.59. The number of aryl methyl sites for hydroxylation is 1. The van der Waals surface area contributed by atoms with E-state index in [0.29, 0.717) is 12.2 Å². The molecule has 1 aromatic carbocycles. The van der Waals surface area contributed by atoms with Crippen LogP contribution in [-0.4, -0.2) is 39.5 Å². The van der Waals surface area contributed by atoms with Gasteiger partial charge in [0.2, 0.25) is 10.0 Å². The second kappa shape index (κ2) is 7.66. The van der Waals surface area contributed by atoms with Crippen LogP contribution < -0.4 is 4.72 Å². The van der Waals surface area contributed by atoms with Crippen molar-refractivity contribution in [1.29, 1.82) is 0 Å². The van der Waals surface area contributed by atoms with E-state index in [1.807, 2.05) is 13.2 Å². The molecule has 0 aliphatic rings. The number of benzene rings is 1. The molecule has 0 heterocycles. The summed E-state index contributed by atoms with van der Waals surface area (Å²) in [7, 11) is -2.48. The van der Waals surface area contributed by atoms with Gasteiger partial charge < -0.3 is 4.74 Å². The van der Waals surface area contributed by atoms with Crippen molar-refractivity contribution in [3.05, 3.63) is 29.8 Å². The maximum atomic E-state index is 12.2. The van der Waals surface area contributed by atoms with E-state index in [1.54, 1.807) is 12.1 Å². The van der Waals surface area contributed by atoms with Gasteiger partial charge in [-0.1, -0.05) is 17.7 Å². The Morgan fingerprint density at radius 3 is 2.45 bits per heavy atom. The van der Waals surface area contributed by atoms with E-state index in [0.717, 1.165) is 5.56 Å². The number of esters is 1. The molecule has 7 heteroatoms. The van der Waals surface area contributed by atoms with Gasteiger partial charge in [-0.15, -0.1) is 0 Å². The van der Waals surface area contributed by atoms with Crippen molar-refractivity contribution in [2.75, 3.05) is 19.1 Å². The van der Waals surface area contributed by atoms with Gasteiger partial charge in [0, 0.05) is 0 Å². The molecule has 1 N–H and O–H groups in total. The molecule has 1 atom stereocenters. The van der Waals surface area contributed by atoms with Crippen LogP contribution >= 0.6 is 11.8 Å². The van der Waals surface area contributed by atoms with Gasteiger partial charge in [-0.2, -0.15) is 16.5 Å². The first-order valence-corrected chi connectivity index (χ1v) is 8.94. The summed E-state index contributed by atoms with van der Waals surface area (Å²) in [5, 5.41) is 0. The lowest BCUT2D eigenvalue weighted by atomic mass is 10.2. The molecule has 0 spiro atoms. The average molecular weight is 317 g/mol. The zero-order chi connectivity index (χ0) is 15.2. The standard InChI is InChI=1S/C13H19NO4S2/c1-10-4-6-11(7-5-10)20(16,17)14-12(8-9-19-3)13(15)18-2/h4-7,12,14H,8-9H2,1-3H3. The molecule has 0 saturated carbocycles. The van der Waals surface area contributed by atoms with Gasteiger partial charge in [-0.25, -0.2) is 8.42 Å². The molecule has 1 unspecified atom stereocenters. The lowest BCUT2D eigenvalue weighted by molar-refractivity contribution is -0.142. The molecule has 1 aromatic rings. The minimum absolute atomic E-state index is 0.140. The van der Waals surface area contributed by atoms with Crippen molar-refractivity contribution >= 4 is 27.8 Å². The van der Waals surface area contributed by atoms with Crippen molar-refractivity contribution in [3.8, 4) is 0 Å². The van der Waals surface area contributed by atoms with E-state index in [1.165, 1.54) is 31.0 Å². The first-order chi connectivity index (χ1) is 9.40. The first kappa shape index (κ1) is 17.0. The molecule has 0 saturated heterocycles. The lowest BCUT2D eigenvalue weighted by Crippen LogP contribution is -2.41. The van der Waals surface area contributed by atoms with E-state index in [2.05, 4.69) is 9.46 Å². The number of rotatable bonds is 7. The van der Waals surface area contributed by atoms with Crippen molar-refractivity contribution in [2.45, 2.75) is 24.3 Å². The van der Waals surface area contributed by atoms with Crippen molar-refractivity contribution in [2.24, 2.45) is 0 Å². The first-order valence-electron chi connectivity index (χ1n) is 6.06. The highest BCUT2D eigenvalue weighted by atomic mass is 32.2. The summed E-state index contributed by atoms with van der Waals surface area (Å²) in [4.78, 5) is 11.8. The fourth-order valence-electron chi connectivity index (χ4n) is 1.58. The fourth-order valence-corrected chi connectivity index (χ4v) is 3.27. The van der Waals surface area contributed by atoms with Crippen LogP contribution in [0.2, 0.25) is 0 Å². The highest BCUT2D eigenvalue weighted by Crippen LogP contribution is 2.12. The van der Waals surface area contributed by atoms with Gasteiger partial charge >= 0.3 is 5.97 Å². The topological polar surface area (TPSA) is 72.5 Å². The molecule has 1 rings (SSSR count). The predicted molar refractivity (Wildman–Crippen MR) is 80.3 cm³/mol. The number of sulfonamides is 1. The molecule has 0 aromatic heterocycles. The zero-order valence-electron chi connectivity index (χ0n) is 11.8. The largest absolute Gasteiger partial charge is 0.468 e. The van der Waals surface area contributed by atoms with E-state index in [-0.39, 0.29) is 4.90 Å². The van der Waals surface area contributed by atoms with Gasteiger partial charge in [0.25, 0.3) is 0 Å². The number of hydrogen-bond acceptors (Lipinski definition) is 5. The van der Waals surface area contributed by atoms with Crippen LogP contribution in [-0.2, 0) is 19.6 Å². The maximum absolute atomic E-state index is 12.2. The molecule has 112 valence electrons. The third-order valence-corrected chi connectivity index (χ3v) is 4.86. The number of methoxy groups -OCH3 is 1. The second-order valence-corrected chi connectivity index (χ2v) is 6.99. The molecule has 0 amide bonds. The predicted octanol–water partition coefficient (Wildman–Crippen LogP) is 1.57. The van der Waals surface area contributed by atoms with Gasteiger partial charge in [-0.05, 0) is 37.5 Å². The molecule has 0 fully saturated rings. The average Bonchev–Trinajstić information content (AvgIpc) is 2.43. The summed E-state index contributed by atoms with van der Waals surface area (Å²) < 4.78 is 31.5. The Labute approximate surface area is 124 Å². The Kier molecular flexibility index (Phi) is 6.51. The summed E-state index contributed by atoms with van der Waals surface area (Å²) in [6.07, 6.45) is 2.28. The summed E-state index contributed by atoms with van der Waals surface area (Å²) >= 11 is 1.54. The van der Waals surface area contributed by atoms with Crippen LogP contribution in [0.25, 0.3) is 0 Å². The zero-order valence-corrected chi connectivity index (χ0v) is 13.4. The second-order valence-electron chi connectivity index (χ2n) is 4.29. The number of nitrogens with one attached hydrogen (secondary N) is 1. The molecule has 0 aliphatic heterocycles. The number of hydrogen-bond donors (Lipinski definition) is 1. The lowest BCUT2D eigenvalue weighted by Gasteiger charge is -2.16. The third-order valence-electron chi connectivity index (χ3n) is 2.73. The van der Waals surface area contributed by atoms with Crippen LogP contribution in [0.15, 0.2) is 29.2 Å². The highest BCUT2D eigenvalue weighted by molar-refractivity contribution is 7.98. The smallest absolute Gasteiger partial charge is 0.323 e. The molecule has 20 heavy (non-hydrogen) atoms. The Morgan fingerprint density at radius 2 is 1.95 bits per heavy atom. The van der Waals surface area contributed by atoms with Gasteiger partial charge in [0.15, 0.2) is 0 Å². The van der Waals surface area contributed by atoms with E-state index in [4.69, 9.17) is 0 Å². The van der Waals surface area contributed by atoms with Gasteiger partial charge in [0.05, 0.1) is 12.0 Å². The summed E-state index contributed by atoms with van der Waals surface area (Å²) in [5.74, 6) is 0.0886.